The zero-order chi connectivity index (χ0) is 13.6. The van der Waals surface area contributed by atoms with Gasteiger partial charge in [-0.2, -0.15) is 0 Å². The second-order valence-electron chi connectivity index (χ2n) is 4.61. The summed E-state index contributed by atoms with van der Waals surface area (Å²) in [6, 6.07) is 0. The Morgan fingerprint density at radius 1 is 1.11 bits per heavy atom. The van der Waals surface area contributed by atoms with Crippen molar-refractivity contribution in [2.45, 2.75) is 64.9 Å². The Morgan fingerprint density at radius 3 is 2.28 bits per heavy atom. The predicted molar refractivity (Wildman–Crippen MR) is 71.5 cm³/mol. The van der Waals surface area contributed by atoms with Crippen molar-refractivity contribution in [2.75, 3.05) is 19.8 Å². The fourth-order valence-electron chi connectivity index (χ4n) is 1.73. The predicted octanol–water partition coefficient (Wildman–Crippen LogP) is 2.68. The molecule has 0 aliphatic rings. The van der Waals surface area contributed by atoms with Crippen LogP contribution in [0.5, 0.6) is 0 Å². The van der Waals surface area contributed by atoms with Crippen molar-refractivity contribution >= 4 is 5.97 Å². The molecule has 18 heavy (non-hydrogen) atoms. The van der Waals surface area contributed by atoms with Crippen LogP contribution in [0.4, 0.5) is 0 Å². The molecule has 1 N–H and O–H groups in total. The lowest BCUT2D eigenvalue weighted by Crippen LogP contribution is -2.26. The van der Waals surface area contributed by atoms with Gasteiger partial charge in [0.25, 0.3) is 0 Å². The first kappa shape index (κ1) is 17.4. The van der Waals surface area contributed by atoms with Gasteiger partial charge in [-0.15, -0.1) is 0 Å². The number of esters is 1. The van der Waals surface area contributed by atoms with Gasteiger partial charge in [-0.25, -0.2) is 0 Å². The zero-order valence-electron chi connectivity index (χ0n) is 11.8. The Balaban J connectivity index is 3.25. The first-order valence-electron chi connectivity index (χ1n) is 7.06. The van der Waals surface area contributed by atoms with E-state index in [4.69, 9.17) is 14.6 Å². The first-order valence-corrected chi connectivity index (χ1v) is 7.06. The van der Waals surface area contributed by atoms with Crippen LogP contribution >= 0.6 is 0 Å². The average Bonchev–Trinajstić information content (AvgIpc) is 2.35. The van der Waals surface area contributed by atoms with E-state index in [-0.39, 0.29) is 19.2 Å². The molecule has 4 nitrogen and oxygen atoms in total. The second kappa shape index (κ2) is 12.8. The maximum Gasteiger partial charge on any atom is 0.303 e. The van der Waals surface area contributed by atoms with Crippen LogP contribution in [-0.4, -0.2) is 37.0 Å². The molecule has 0 amide bonds. The number of hydrogen-bond acceptors (Lipinski definition) is 4. The molecule has 4 heteroatoms. The van der Waals surface area contributed by atoms with Gasteiger partial charge in [0, 0.05) is 13.5 Å². The number of hydrogen-bond donors (Lipinski definition) is 1. The summed E-state index contributed by atoms with van der Waals surface area (Å²) in [5.74, 6) is -0.381. The van der Waals surface area contributed by atoms with Gasteiger partial charge in [-0.3, -0.25) is 4.79 Å². The number of ether oxygens (including phenoxy) is 2. The molecule has 0 saturated carbocycles. The lowest BCUT2D eigenvalue weighted by molar-refractivity contribution is -0.151. The summed E-state index contributed by atoms with van der Waals surface area (Å²) >= 11 is 0. The molecule has 0 radical (unpaired) electrons. The van der Waals surface area contributed by atoms with E-state index in [2.05, 4.69) is 6.92 Å². The normalized spacial score (nSPS) is 12.4. The van der Waals surface area contributed by atoms with Gasteiger partial charge in [0.1, 0.15) is 6.10 Å². The van der Waals surface area contributed by atoms with Crippen molar-refractivity contribution in [3.8, 4) is 0 Å². The maximum atomic E-state index is 10.7. The molecule has 1 unspecified atom stereocenters. The molecule has 0 saturated heterocycles. The van der Waals surface area contributed by atoms with Gasteiger partial charge in [0.15, 0.2) is 0 Å². The van der Waals surface area contributed by atoms with Crippen LogP contribution in [0.2, 0.25) is 0 Å². The van der Waals surface area contributed by atoms with E-state index < -0.39 is 6.10 Å². The van der Waals surface area contributed by atoms with Gasteiger partial charge in [0.2, 0.25) is 0 Å². The highest BCUT2D eigenvalue weighted by Gasteiger charge is 2.10. The standard InChI is InChI=1S/C14H28O4/c1-3-4-5-6-7-8-9-10-17-12-14(11-15)18-13(2)16/h14-15H,3-12H2,1-2H3. The number of unbranched alkanes of at least 4 members (excludes halogenated alkanes) is 6. The summed E-state index contributed by atoms with van der Waals surface area (Å²) < 4.78 is 10.2. The molecule has 0 aromatic carbocycles. The first-order chi connectivity index (χ1) is 8.70. The minimum absolute atomic E-state index is 0.184. The number of rotatable bonds is 12. The molecule has 0 aliphatic carbocycles. The molecule has 0 aliphatic heterocycles. The molecule has 0 rings (SSSR count). The highest BCUT2D eigenvalue weighted by molar-refractivity contribution is 5.66. The van der Waals surface area contributed by atoms with Crippen LogP contribution in [0.25, 0.3) is 0 Å². The molecule has 108 valence electrons. The SMILES string of the molecule is CCCCCCCCCOCC(CO)OC(C)=O. The summed E-state index contributed by atoms with van der Waals surface area (Å²) in [4.78, 5) is 10.7. The molecule has 0 bridgehead atoms. The van der Waals surface area contributed by atoms with Crippen LogP contribution in [0.3, 0.4) is 0 Å². The second-order valence-corrected chi connectivity index (χ2v) is 4.61. The smallest absolute Gasteiger partial charge is 0.303 e. The molecular formula is C14H28O4. The van der Waals surface area contributed by atoms with Crippen molar-refractivity contribution in [1.82, 2.24) is 0 Å². The molecule has 0 aromatic heterocycles. The third-order valence-corrected chi connectivity index (χ3v) is 2.73. The van der Waals surface area contributed by atoms with Gasteiger partial charge in [-0.05, 0) is 6.42 Å². The lowest BCUT2D eigenvalue weighted by Gasteiger charge is -2.14. The van der Waals surface area contributed by atoms with Crippen LogP contribution in [0, 0.1) is 0 Å². The van der Waals surface area contributed by atoms with Crippen molar-refractivity contribution < 1.29 is 19.4 Å². The van der Waals surface area contributed by atoms with E-state index in [1.54, 1.807) is 0 Å². The Morgan fingerprint density at radius 2 is 1.72 bits per heavy atom. The summed E-state index contributed by atoms with van der Waals surface area (Å²) in [6.07, 6.45) is 8.20. The van der Waals surface area contributed by atoms with Crippen LogP contribution in [-0.2, 0) is 14.3 Å². The number of carbonyl (C=O) groups excluding carboxylic acids is 1. The molecular weight excluding hydrogens is 232 g/mol. The lowest BCUT2D eigenvalue weighted by atomic mass is 10.1. The van der Waals surface area contributed by atoms with Gasteiger partial charge in [-0.1, -0.05) is 45.4 Å². The van der Waals surface area contributed by atoms with Crippen molar-refractivity contribution in [2.24, 2.45) is 0 Å². The average molecular weight is 260 g/mol. The minimum atomic E-state index is -0.521. The fraction of sp³-hybridized carbons (Fsp3) is 0.929. The molecule has 0 aromatic rings. The van der Waals surface area contributed by atoms with Crippen molar-refractivity contribution in [1.29, 1.82) is 0 Å². The fourth-order valence-corrected chi connectivity index (χ4v) is 1.73. The van der Waals surface area contributed by atoms with E-state index in [1.165, 1.54) is 45.4 Å². The van der Waals surface area contributed by atoms with Crippen LogP contribution < -0.4 is 0 Å². The van der Waals surface area contributed by atoms with Gasteiger partial charge in [0.05, 0.1) is 13.2 Å². The summed E-state index contributed by atoms with van der Waals surface area (Å²) in [5.41, 5.74) is 0. The largest absolute Gasteiger partial charge is 0.458 e. The minimum Gasteiger partial charge on any atom is -0.458 e. The Labute approximate surface area is 111 Å². The van der Waals surface area contributed by atoms with E-state index in [1.807, 2.05) is 0 Å². The van der Waals surface area contributed by atoms with E-state index in [9.17, 15) is 4.79 Å². The van der Waals surface area contributed by atoms with Gasteiger partial charge >= 0.3 is 5.97 Å². The molecule has 1 atom stereocenters. The quantitative estimate of drug-likeness (QED) is 0.433. The third-order valence-electron chi connectivity index (χ3n) is 2.73. The van der Waals surface area contributed by atoms with E-state index >= 15 is 0 Å². The third kappa shape index (κ3) is 11.9. The summed E-state index contributed by atoms with van der Waals surface area (Å²) in [5, 5.41) is 8.94. The Hall–Kier alpha value is -0.610. The molecule has 0 heterocycles. The maximum absolute atomic E-state index is 10.7. The monoisotopic (exact) mass is 260 g/mol. The number of aliphatic hydroxyl groups is 1. The molecule has 0 fully saturated rings. The number of aliphatic hydroxyl groups excluding tert-OH is 1. The topological polar surface area (TPSA) is 55.8 Å². The zero-order valence-corrected chi connectivity index (χ0v) is 11.8. The van der Waals surface area contributed by atoms with Crippen molar-refractivity contribution in [3.05, 3.63) is 0 Å². The van der Waals surface area contributed by atoms with Crippen LogP contribution in [0.1, 0.15) is 58.8 Å². The summed E-state index contributed by atoms with van der Waals surface area (Å²) in [6.45, 7) is 4.32. The van der Waals surface area contributed by atoms with E-state index in [0.29, 0.717) is 6.61 Å². The number of carbonyl (C=O) groups is 1. The Kier molecular flexibility index (Phi) is 12.4. The van der Waals surface area contributed by atoms with Crippen molar-refractivity contribution in [3.63, 3.8) is 0 Å². The van der Waals surface area contributed by atoms with E-state index in [0.717, 1.165) is 6.42 Å². The summed E-state index contributed by atoms with van der Waals surface area (Å²) in [7, 11) is 0. The Bertz CT molecular complexity index is 194. The van der Waals surface area contributed by atoms with Crippen LogP contribution in [0.15, 0.2) is 0 Å². The van der Waals surface area contributed by atoms with Gasteiger partial charge < -0.3 is 14.6 Å². The highest BCUT2D eigenvalue weighted by Crippen LogP contribution is 2.07. The highest BCUT2D eigenvalue weighted by atomic mass is 16.6. The molecule has 0 spiro atoms.